The van der Waals surface area contributed by atoms with Crippen molar-refractivity contribution in [3.05, 3.63) is 35.1 Å². The molecule has 98 valence electrons. The Balaban J connectivity index is 2.14. The van der Waals surface area contributed by atoms with E-state index < -0.39 is 0 Å². The first-order valence-corrected chi connectivity index (χ1v) is 6.19. The molecule has 3 heterocycles. The third-order valence-corrected chi connectivity index (χ3v) is 3.34. The second-order valence-electron chi connectivity index (χ2n) is 4.20. The van der Waals surface area contributed by atoms with Crippen LogP contribution in [0.5, 0.6) is 5.88 Å². The van der Waals surface area contributed by atoms with E-state index in [2.05, 4.69) is 15.0 Å². The standard InChI is InChI=1S/C12H13N5OS/c1-16-6-5-13-9(16)7-17-11-8(14-12(17)19)3-4-10(15-11)18-2/h3-6H,7H2,1-2H3,(H,14,19). The zero-order valence-corrected chi connectivity index (χ0v) is 11.4. The van der Waals surface area contributed by atoms with E-state index in [9.17, 15) is 0 Å². The molecule has 1 N–H and O–H groups in total. The Bertz CT molecular complexity index is 785. The monoisotopic (exact) mass is 275 g/mol. The number of nitrogens with zero attached hydrogens (tertiary/aromatic N) is 4. The maximum atomic E-state index is 5.34. The van der Waals surface area contributed by atoms with Crippen LogP contribution < -0.4 is 4.74 Å². The number of methoxy groups -OCH3 is 1. The molecule has 0 unspecified atom stereocenters. The van der Waals surface area contributed by atoms with Gasteiger partial charge in [0.1, 0.15) is 5.82 Å². The lowest BCUT2D eigenvalue weighted by Crippen LogP contribution is -2.06. The number of fused-ring (bicyclic) bond motifs is 1. The van der Waals surface area contributed by atoms with E-state index in [0.717, 1.165) is 17.0 Å². The van der Waals surface area contributed by atoms with Crippen LogP contribution in [0, 0.1) is 4.77 Å². The first kappa shape index (κ1) is 11.9. The van der Waals surface area contributed by atoms with Crippen LogP contribution in [0.2, 0.25) is 0 Å². The molecule has 3 rings (SSSR count). The Morgan fingerprint density at radius 1 is 1.42 bits per heavy atom. The molecule has 0 amide bonds. The predicted molar refractivity (Wildman–Crippen MR) is 73.8 cm³/mol. The highest BCUT2D eigenvalue weighted by atomic mass is 32.1. The van der Waals surface area contributed by atoms with E-state index in [0.29, 0.717) is 17.2 Å². The molecule has 0 aliphatic heterocycles. The summed E-state index contributed by atoms with van der Waals surface area (Å²) < 4.78 is 9.65. The lowest BCUT2D eigenvalue weighted by molar-refractivity contribution is 0.399. The lowest BCUT2D eigenvalue weighted by Gasteiger charge is -2.05. The number of pyridine rings is 1. The van der Waals surface area contributed by atoms with Gasteiger partial charge < -0.3 is 14.3 Å². The molecule has 7 heteroatoms. The van der Waals surface area contributed by atoms with E-state index in [1.807, 2.05) is 28.4 Å². The molecule has 0 radical (unpaired) electrons. The molecule has 0 aliphatic rings. The van der Waals surface area contributed by atoms with Gasteiger partial charge in [-0.2, -0.15) is 4.98 Å². The maximum Gasteiger partial charge on any atom is 0.215 e. The molecule has 0 saturated carbocycles. The predicted octanol–water partition coefficient (Wildman–Crippen LogP) is 1.88. The van der Waals surface area contributed by atoms with Gasteiger partial charge in [0.15, 0.2) is 10.4 Å². The average Bonchev–Trinajstić information content (AvgIpc) is 2.94. The van der Waals surface area contributed by atoms with Crippen LogP contribution >= 0.6 is 12.2 Å². The molecule has 0 fully saturated rings. The fourth-order valence-electron chi connectivity index (χ4n) is 1.96. The van der Waals surface area contributed by atoms with E-state index >= 15 is 0 Å². The van der Waals surface area contributed by atoms with Crippen molar-refractivity contribution in [2.45, 2.75) is 6.54 Å². The molecular weight excluding hydrogens is 262 g/mol. The molecule has 0 bridgehead atoms. The van der Waals surface area contributed by atoms with E-state index in [1.165, 1.54) is 0 Å². The zero-order valence-electron chi connectivity index (χ0n) is 10.6. The summed E-state index contributed by atoms with van der Waals surface area (Å²) in [7, 11) is 3.55. The fourth-order valence-corrected chi connectivity index (χ4v) is 2.22. The molecule has 0 saturated heterocycles. The van der Waals surface area contributed by atoms with Crippen LogP contribution in [-0.2, 0) is 13.6 Å². The van der Waals surface area contributed by atoms with E-state index in [-0.39, 0.29) is 0 Å². The van der Waals surface area contributed by atoms with E-state index in [1.54, 1.807) is 19.4 Å². The van der Waals surface area contributed by atoms with Gasteiger partial charge in [0.2, 0.25) is 5.88 Å². The SMILES string of the molecule is COc1ccc2[nH]c(=S)n(Cc3nccn3C)c2n1. The van der Waals surface area contributed by atoms with Crippen molar-refractivity contribution in [2.75, 3.05) is 7.11 Å². The summed E-state index contributed by atoms with van der Waals surface area (Å²) in [5, 5.41) is 0. The van der Waals surface area contributed by atoms with Gasteiger partial charge in [-0.3, -0.25) is 4.57 Å². The third-order valence-electron chi connectivity index (χ3n) is 3.02. The zero-order chi connectivity index (χ0) is 13.4. The summed E-state index contributed by atoms with van der Waals surface area (Å²) in [6.45, 7) is 0.572. The van der Waals surface area contributed by atoms with Crippen LogP contribution in [0.15, 0.2) is 24.5 Å². The Hall–Kier alpha value is -2.15. The Morgan fingerprint density at radius 3 is 2.95 bits per heavy atom. The van der Waals surface area contributed by atoms with Crippen molar-refractivity contribution >= 4 is 23.4 Å². The topological polar surface area (TPSA) is 60.7 Å². The second kappa shape index (κ2) is 4.51. The maximum absolute atomic E-state index is 5.34. The minimum Gasteiger partial charge on any atom is -0.481 e. The Morgan fingerprint density at radius 2 is 2.26 bits per heavy atom. The molecule has 6 nitrogen and oxygen atoms in total. The van der Waals surface area contributed by atoms with Gasteiger partial charge in [0.05, 0.1) is 19.2 Å². The normalized spacial score (nSPS) is 11.1. The number of H-pyrrole nitrogens is 1. The van der Waals surface area contributed by atoms with Gasteiger partial charge in [-0.1, -0.05) is 0 Å². The fraction of sp³-hybridized carbons (Fsp3) is 0.250. The van der Waals surface area contributed by atoms with Crippen molar-refractivity contribution in [1.29, 1.82) is 0 Å². The van der Waals surface area contributed by atoms with Crippen LogP contribution in [-0.4, -0.2) is 31.2 Å². The highest BCUT2D eigenvalue weighted by Crippen LogP contribution is 2.17. The minimum absolute atomic E-state index is 0.565. The smallest absolute Gasteiger partial charge is 0.215 e. The summed E-state index contributed by atoms with van der Waals surface area (Å²) >= 11 is 5.34. The molecular formula is C12H13N5OS. The number of ether oxygens (including phenoxy) is 1. The molecule has 19 heavy (non-hydrogen) atoms. The quantitative estimate of drug-likeness (QED) is 0.741. The first-order chi connectivity index (χ1) is 9.19. The van der Waals surface area contributed by atoms with Crippen LogP contribution in [0.3, 0.4) is 0 Å². The van der Waals surface area contributed by atoms with Crippen molar-refractivity contribution in [3.63, 3.8) is 0 Å². The van der Waals surface area contributed by atoms with Crippen molar-refractivity contribution < 1.29 is 4.74 Å². The summed E-state index contributed by atoms with van der Waals surface area (Å²) in [5.41, 5.74) is 1.66. The highest BCUT2D eigenvalue weighted by molar-refractivity contribution is 7.71. The number of aryl methyl sites for hydroxylation is 1. The number of imidazole rings is 2. The summed E-state index contributed by atoms with van der Waals surface area (Å²) in [5.74, 6) is 1.48. The molecule has 0 spiro atoms. The molecule has 3 aromatic heterocycles. The number of hydrogen-bond acceptors (Lipinski definition) is 4. The summed E-state index contributed by atoms with van der Waals surface area (Å²) in [6.07, 6.45) is 3.67. The van der Waals surface area contributed by atoms with Gasteiger partial charge >= 0.3 is 0 Å². The number of hydrogen-bond donors (Lipinski definition) is 1. The Labute approximate surface area is 114 Å². The first-order valence-electron chi connectivity index (χ1n) is 5.79. The van der Waals surface area contributed by atoms with Gasteiger partial charge in [0.25, 0.3) is 0 Å². The second-order valence-corrected chi connectivity index (χ2v) is 4.58. The van der Waals surface area contributed by atoms with Gasteiger partial charge in [0, 0.05) is 25.5 Å². The molecule has 3 aromatic rings. The average molecular weight is 275 g/mol. The van der Waals surface area contributed by atoms with E-state index in [4.69, 9.17) is 17.0 Å². The van der Waals surface area contributed by atoms with Gasteiger partial charge in [-0.15, -0.1) is 0 Å². The lowest BCUT2D eigenvalue weighted by atomic mass is 10.4. The Kier molecular flexibility index (Phi) is 2.83. The number of nitrogens with one attached hydrogen (secondary N) is 1. The van der Waals surface area contributed by atoms with Crippen LogP contribution in [0.1, 0.15) is 5.82 Å². The molecule has 0 atom stereocenters. The number of rotatable bonds is 3. The molecule has 0 aromatic carbocycles. The van der Waals surface area contributed by atoms with Crippen molar-refractivity contribution in [3.8, 4) is 5.88 Å². The molecule has 0 aliphatic carbocycles. The van der Waals surface area contributed by atoms with Crippen LogP contribution in [0.25, 0.3) is 11.2 Å². The number of aromatic amines is 1. The third kappa shape index (κ3) is 2.01. The minimum atomic E-state index is 0.565. The van der Waals surface area contributed by atoms with Crippen LogP contribution in [0.4, 0.5) is 0 Å². The summed E-state index contributed by atoms with van der Waals surface area (Å²) in [4.78, 5) is 11.9. The summed E-state index contributed by atoms with van der Waals surface area (Å²) in [6, 6.07) is 3.71. The van der Waals surface area contributed by atoms with Gasteiger partial charge in [-0.25, -0.2) is 4.98 Å². The largest absolute Gasteiger partial charge is 0.481 e. The number of aromatic nitrogens is 5. The highest BCUT2D eigenvalue weighted by Gasteiger charge is 2.09. The van der Waals surface area contributed by atoms with Gasteiger partial charge in [-0.05, 0) is 18.3 Å². The van der Waals surface area contributed by atoms with Crippen molar-refractivity contribution in [1.82, 2.24) is 24.1 Å². The van der Waals surface area contributed by atoms with Crippen molar-refractivity contribution in [2.24, 2.45) is 7.05 Å².